The summed E-state index contributed by atoms with van der Waals surface area (Å²) in [4.78, 5) is 23.1. The molecule has 2 aliphatic rings. The van der Waals surface area contributed by atoms with Crippen molar-refractivity contribution >= 4 is 11.9 Å². The van der Waals surface area contributed by atoms with Crippen LogP contribution in [0.4, 0.5) is 0 Å². The second-order valence-electron chi connectivity index (χ2n) is 3.97. The molecule has 1 saturated carbocycles. The van der Waals surface area contributed by atoms with E-state index in [1.54, 1.807) is 0 Å². The maximum atomic E-state index is 11.5. The number of hydrogen-bond donors (Lipinski definition) is 0. The Balaban J connectivity index is 2.19. The Labute approximate surface area is 87.7 Å². The average Bonchev–Trinajstić information content (AvgIpc) is 2.86. The Morgan fingerprint density at radius 3 is 2.33 bits per heavy atom. The van der Waals surface area contributed by atoms with Gasteiger partial charge in [-0.1, -0.05) is 0 Å². The van der Waals surface area contributed by atoms with Crippen LogP contribution in [0.2, 0.25) is 0 Å². The molecule has 0 aromatic heterocycles. The normalized spacial score (nSPS) is 37.7. The lowest BCUT2D eigenvalue weighted by atomic mass is 9.88. The standard InChI is InChI=1S/C10H14O5/c1-13-9(11)7-5-3-6(15-4-5)8(7)10(12)14-2/h5-8H,3-4H2,1-2H3. The Hall–Kier alpha value is -1.10. The van der Waals surface area contributed by atoms with Crippen LogP contribution in [0, 0.1) is 17.8 Å². The van der Waals surface area contributed by atoms with Crippen molar-refractivity contribution in [2.45, 2.75) is 12.5 Å². The SMILES string of the molecule is COC(=O)C1C2COC(C2)C1C(=O)OC. The number of esters is 2. The van der Waals surface area contributed by atoms with Crippen molar-refractivity contribution in [2.75, 3.05) is 20.8 Å². The molecule has 1 heterocycles. The number of carbonyl (C=O) groups excluding carboxylic acids is 2. The van der Waals surface area contributed by atoms with Crippen LogP contribution in [0.15, 0.2) is 0 Å². The molecule has 0 amide bonds. The summed E-state index contributed by atoms with van der Waals surface area (Å²) in [6, 6.07) is 0. The lowest BCUT2D eigenvalue weighted by molar-refractivity contribution is -0.165. The molecular weight excluding hydrogens is 200 g/mol. The van der Waals surface area contributed by atoms with Crippen molar-refractivity contribution in [3.05, 3.63) is 0 Å². The van der Waals surface area contributed by atoms with Crippen LogP contribution in [0.25, 0.3) is 0 Å². The van der Waals surface area contributed by atoms with Crippen LogP contribution < -0.4 is 0 Å². The van der Waals surface area contributed by atoms with Gasteiger partial charge in [0.2, 0.25) is 0 Å². The van der Waals surface area contributed by atoms with Gasteiger partial charge in [-0.3, -0.25) is 9.59 Å². The maximum absolute atomic E-state index is 11.5. The van der Waals surface area contributed by atoms with Gasteiger partial charge in [0.1, 0.15) is 0 Å². The van der Waals surface area contributed by atoms with E-state index in [0.29, 0.717) is 6.61 Å². The third-order valence-corrected chi connectivity index (χ3v) is 3.30. The Morgan fingerprint density at radius 2 is 1.73 bits per heavy atom. The number of ether oxygens (including phenoxy) is 3. The van der Waals surface area contributed by atoms with E-state index in [0.717, 1.165) is 6.42 Å². The molecule has 4 atom stereocenters. The molecule has 0 aromatic rings. The van der Waals surface area contributed by atoms with Crippen molar-refractivity contribution in [1.29, 1.82) is 0 Å². The minimum atomic E-state index is -0.485. The topological polar surface area (TPSA) is 61.8 Å². The molecule has 5 heteroatoms. The first kappa shape index (κ1) is 10.4. The van der Waals surface area contributed by atoms with E-state index >= 15 is 0 Å². The van der Waals surface area contributed by atoms with Crippen LogP contribution in [-0.4, -0.2) is 38.9 Å². The highest BCUT2D eigenvalue weighted by Crippen LogP contribution is 2.45. The van der Waals surface area contributed by atoms with Gasteiger partial charge in [0.25, 0.3) is 0 Å². The molecule has 2 rings (SSSR count). The van der Waals surface area contributed by atoms with Gasteiger partial charge in [0.05, 0.1) is 38.8 Å². The predicted octanol–water partition coefficient (Wildman–Crippen LogP) is -0.0165. The van der Waals surface area contributed by atoms with Crippen molar-refractivity contribution in [3.8, 4) is 0 Å². The highest BCUT2D eigenvalue weighted by molar-refractivity contribution is 5.83. The van der Waals surface area contributed by atoms with E-state index in [2.05, 4.69) is 4.74 Å². The summed E-state index contributed by atoms with van der Waals surface area (Å²) < 4.78 is 14.8. The third-order valence-electron chi connectivity index (χ3n) is 3.30. The van der Waals surface area contributed by atoms with Gasteiger partial charge in [-0.2, -0.15) is 0 Å². The molecule has 2 bridgehead atoms. The van der Waals surface area contributed by atoms with Gasteiger partial charge in [0, 0.05) is 0 Å². The van der Waals surface area contributed by atoms with Gasteiger partial charge in [0.15, 0.2) is 0 Å². The van der Waals surface area contributed by atoms with E-state index in [4.69, 9.17) is 9.47 Å². The molecule has 0 radical (unpaired) electrons. The lowest BCUT2D eigenvalue weighted by Gasteiger charge is -2.26. The number of rotatable bonds is 2. The van der Waals surface area contributed by atoms with Crippen molar-refractivity contribution in [1.82, 2.24) is 0 Å². The Morgan fingerprint density at radius 1 is 1.13 bits per heavy atom. The van der Waals surface area contributed by atoms with Crippen molar-refractivity contribution in [3.63, 3.8) is 0 Å². The molecule has 84 valence electrons. The fraction of sp³-hybridized carbons (Fsp3) is 0.800. The first-order valence-corrected chi connectivity index (χ1v) is 4.96. The zero-order valence-corrected chi connectivity index (χ0v) is 8.76. The van der Waals surface area contributed by atoms with Crippen LogP contribution in [0.5, 0.6) is 0 Å². The van der Waals surface area contributed by atoms with Crippen LogP contribution >= 0.6 is 0 Å². The van der Waals surface area contributed by atoms with Crippen LogP contribution in [-0.2, 0) is 23.8 Å². The first-order valence-electron chi connectivity index (χ1n) is 4.96. The van der Waals surface area contributed by atoms with Gasteiger partial charge in [-0.05, 0) is 12.3 Å². The minimum Gasteiger partial charge on any atom is -0.469 e. The van der Waals surface area contributed by atoms with Crippen LogP contribution in [0.3, 0.4) is 0 Å². The molecule has 0 aromatic carbocycles. The maximum Gasteiger partial charge on any atom is 0.312 e. The summed E-state index contributed by atoms with van der Waals surface area (Å²) in [5.41, 5.74) is 0. The summed E-state index contributed by atoms with van der Waals surface area (Å²) in [7, 11) is 2.66. The average molecular weight is 214 g/mol. The molecule has 1 aliphatic heterocycles. The summed E-state index contributed by atoms with van der Waals surface area (Å²) in [6.45, 7) is 0.540. The molecule has 1 aliphatic carbocycles. The predicted molar refractivity (Wildman–Crippen MR) is 48.9 cm³/mol. The molecule has 1 saturated heterocycles. The largest absolute Gasteiger partial charge is 0.469 e. The molecule has 2 fully saturated rings. The quantitative estimate of drug-likeness (QED) is 0.605. The highest BCUT2D eigenvalue weighted by Gasteiger charge is 2.56. The molecule has 0 spiro atoms. The van der Waals surface area contributed by atoms with Gasteiger partial charge in [-0.15, -0.1) is 0 Å². The minimum absolute atomic E-state index is 0.103. The van der Waals surface area contributed by atoms with E-state index in [9.17, 15) is 9.59 Å². The monoisotopic (exact) mass is 214 g/mol. The fourth-order valence-corrected chi connectivity index (χ4v) is 2.62. The second-order valence-corrected chi connectivity index (χ2v) is 3.97. The van der Waals surface area contributed by atoms with E-state index < -0.39 is 5.92 Å². The zero-order chi connectivity index (χ0) is 11.0. The smallest absolute Gasteiger partial charge is 0.312 e. The lowest BCUT2D eigenvalue weighted by Crippen LogP contribution is -2.40. The van der Waals surface area contributed by atoms with E-state index in [1.807, 2.05) is 0 Å². The number of hydrogen-bond acceptors (Lipinski definition) is 5. The summed E-state index contributed by atoms with van der Waals surface area (Å²) in [5.74, 6) is -1.48. The van der Waals surface area contributed by atoms with E-state index in [1.165, 1.54) is 14.2 Å². The Bertz CT molecular complexity index is 260. The Kier molecular flexibility index (Phi) is 2.65. The third kappa shape index (κ3) is 1.51. The second kappa shape index (κ2) is 3.81. The van der Waals surface area contributed by atoms with Crippen molar-refractivity contribution in [2.24, 2.45) is 17.8 Å². The van der Waals surface area contributed by atoms with Crippen molar-refractivity contribution < 1.29 is 23.8 Å². The summed E-state index contributed by atoms with van der Waals surface area (Å²) in [6.07, 6.45) is 0.575. The summed E-state index contributed by atoms with van der Waals surface area (Å²) in [5, 5.41) is 0. The molecule has 5 nitrogen and oxygen atoms in total. The molecule has 15 heavy (non-hydrogen) atoms. The fourth-order valence-electron chi connectivity index (χ4n) is 2.62. The van der Waals surface area contributed by atoms with E-state index in [-0.39, 0.29) is 29.9 Å². The molecule has 0 N–H and O–H groups in total. The van der Waals surface area contributed by atoms with Gasteiger partial charge >= 0.3 is 11.9 Å². The zero-order valence-electron chi connectivity index (χ0n) is 8.76. The first-order chi connectivity index (χ1) is 7.19. The number of carbonyl (C=O) groups is 2. The highest BCUT2D eigenvalue weighted by atomic mass is 16.5. The number of fused-ring (bicyclic) bond motifs is 2. The van der Waals surface area contributed by atoms with Gasteiger partial charge < -0.3 is 14.2 Å². The molecule has 4 unspecified atom stereocenters. The van der Waals surface area contributed by atoms with Crippen LogP contribution in [0.1, 0.15) is 6.42 Å². The van der Waals surface area contributed by atoms with Gasteiger partial charge in [-0.25, -0.2) is 0 Å². The number of methoxy groups -OCH3 is 2. The summed E-state index contributed by atoms with van der Waals surface area (Å²) >= 11 is 0. The molecular formula is C10H14O5.